The highest BCUT2D eigenvalue weighted by atomic mass is 79.9. The smallest absolute Gasteiger partial charge is 0.0440 e. The van der Waals surface area contributed by atoms with E-state index in [1.54, 1.807) is 0 Å². The molecule has 2 aromatic rings. The predicted molar refractivity (Wildman–Crippen MR) is 90.6 cm³/mol. The summed E-state index contributed by atoms with van der Waals surface area (Å²) in [4.78, 5) is 2.31. The van der Waals surface area contributed by atoms with Gasteiger partial charge in [-0.1, -0.05) is 40.2 Å². The zero-order valence-corrected chi connectivity index (χ0v) is 13.8. The number of benzene rings is 2. The van der Waals surface area contributed by atoms with Crippen LogP contribution >= 0.6 is 15.9 Å². The third-order valence-corrected chi connectivity index (χ3v) is 4.20. The second kappa shape index (κ2) is 6.42. The Bertz CT molecular complexity index is 593. The molecule has 0 saturated heterocycles. The molecule has 2 rings (SSSR count). The molecule has 0 aromatic heterocycles. The van der Waals surface area contributed by atoms with Gasteiger partial charge in [0.05, 0.1) is 0 Å². The van der Waals surface area contributed by atoms with Gasteiger partial charge < -0.3 is 10.6 Å². The van der Waals surface area contributed by atoms with Crippen molar-refractivity contribution in [1.82, 2.24) is 0 Å². The molecule has 0 aliphatic heterocycles. The molecule has 2 nitrogen and oxygen atoms in total. The quantitative estimate of drug-likeness (QED) is 0.859. The first-order chi connectivity index (χ1) is 9.54. The van der Waals surface area contributed by atoms with Crippen molar-refractivity contribution in [1.29, 1.82) is 0 Å². The second-order valence-electron chi connectivity index (χ2n) is 5.03. The molecule has 0 saturated carbocycles. The lowest BCUT2D eigenvalue weighted by Gasteiger charge is -2.26. The Morgan fingerprint density at radius 3 is 2.45 bits per heavy atom. The number of hydrogen-bond donors (Lipinski definition) is 1. The molecule has 2 aromatic carbocycles. The van der Waals surface area contributed by atoms with E-state index in [0.717, 1.165) is 16.6 Å². The Morgan fingerprint density at radius 1 is 1.20 bits per heavy atom. The fourth-order valence-electron chi connectivity index (χ4n) is 2.41. The molecule has 0 aliphatic rings. The summed E-state index contributed by atoms with van der Waals surface area (Å²) in [5.74, 6) is 0. The summed E-state index contributed by atoms with van der Waals surface area (Å²) in [6, 6.07) is 14.9. The summed E-state index contributed by atoms with van der Waals surface area (Å²) >= 11 is 3.63. The standard InChI is InChI=1S/C17H21BrN2/c1-4-20(17-8-6-5-7-12(17)2)14-9-10-15(13(3)19)16(18)11-14/h5-11,13H,4,19H2,1-3H3/t13-/m0/s1. The largest absolute Gasteiger partial charge is 0.342 e. The Labute approximate surface area is 129 Å². The van der Waals surface area contributed by atoms with Crippen LogP contribution in [0.3, 0.4) is 0 Å². The zero-order chi connectivity index (χ0) is 14.7. The van der Waals surface area contributed by atoms with Crippen molar-refractivity contribution >= 4 is 27.3 Å². The Kier molecular flexibility index (Phi) is 4.84. The van der Waals surface area contributed by atoms with Crippen LogP contribution in [0.2, 0.25) is 0 Å². The summed E-state index contributed by atoms with van der Waals surface area (Å²) in [6.45, 7) is 7.23. The van der Waals surface area contributed by atoms with Crippen molar-refractivity contribution in [3.63, 3.8) is 0 Å². The van der Waals surface area contributed by atoms with Gasteiger partial charge in [0.1, 0.15) is 0 Å². The average molecular weight is 333 g/mol. The van der Waals surface area contributed by atoms with E-state index in [9.17, 15) is 0 Å². The minimum Gasteiger partial charge on any atom is -0.342 e. The van der Waals surface area contributed by atoms with Crippen LogP contribution in [0.25, 0.3) is 0 Å². The summed E-state index contributed by atoms with van der Waals surface area (Å²) in [6.07, 6.45) is 0. The number of hydrogen-bond acceptors (Lipinski definition) is 2. The third-order valence-electron chi connectivity index (χ3n) is 3.51. The van der Waals surface area contributed by atoms with Gasteiger partial charge >= 0.3 is 0 Å². The molecule has 0 spiro atoms. The molecular formula is C17H21BrN2. The van der Waals surface area contributed by atoms with E-state index in [2.05, 4.69) is 77.1 Å². The highest BCUT2D eigenvalue weighted by Crippen LogP contribution is 2.32. The number of aryl methyl sites for hydroxylation is 1. The Morgan fingerprint density at radius 2 is 1.90 bits per heavy atom. The fourth-order valence-corrected chi connectivity index (χ4v) is 3.14. The van der Waals surface area contributed by atoms with Crippen molar-refractivity contribution in [2.24, 2.45) is 5.73 Å². The molecule has 1 atom stereocenters. The Hall–Kier alpha value is -1.32. The first-order valence-electron chi connectivity index (χ1n) is 6.92. The number of para-hydroxylation sites is 1. The van der Waals surface area contributed by atoms with Gasteiger partial charge in [0.15, 0.2) is 0 Å². The monoisotopic (exact) mass is 332 g/mol. The normalized spacial score (nSPS) is 12.2. The molecule has 0 aliphatic carbocycles. The van der Waals surface area contributed by atoms with Gasteiger partial charge in [0, 0.05) is 28.4 Å². The molecule has 0 unspecified atom stereocenters. The SMILES string of the molecule is CCN(c1ccc([C@H](C)N)c(Br)c1)c1ccccc1C. The number of anilines is 2. The maximum absolute atomic E-state index is 5.96. The van der Waals surface area contributed by atoms with E-state index in [4.69, 9.17) is 5.73 Å². The van der Waals surface area contributed by atoms with E-state index in [1.165, 1.54) is 16.9 Å². The lowest BCUT2D eigenvalue weighted by atomic mass is 10.1. The van der Waals surface area contributed by atoms with Crippen molar-refractivity contribution in [3.05, 3.63) is 58.1 Å². The number of nitrogens with zero attached hydrogens (tertiary/aromatic N) is 1. The summed E-state index contributed by atoms with van der Waals surface area (Å²) in [7, 11) is 0. The molecule has 0 fully saturated rings. The zero-order valence-electron chi connectivity index (χ0n) is 12.2. The third kappa shape index (κ3) is 3.05. The van der Waals surface area contributed by atoms with Crippen LogP contribution in [0, 0.1) is 6.92 Å². The molecule has 20 heavy (non-hydrogen) atoms. The van der Waals surface area contributed by atoms with Crippen LogP contribution in [0.4, 0.5) is 11.4 Å². The molecule has 0 amide bonds. The predicted octanol–water partition coefficient (Wildman–Crippen LogP) is 4.94. The maximum Gasteiger partial charge on any atom is 0.0440 e. The molecule has 106 valence electrons. The van der Waals surface area contributed by atoms with Gasteiger partial charge in [-0.15, -0.1) is 0 Å². The minimum absolute atomic E-state index is 0.0342. The van der Waals surface area contributed by atoms with Crippen LogP contribution in [-0.4, -0.2) is 6.54 Å². The van der Waals surface area contributed by atoms with E-state index >= 15 is 0 Å². The first-order valence-corrected chi connectivity index (χ1v) is 7.72. The lowest BCUT2D eigenvalue weighted by molar-refractivity contribution is 0.813. The highest BCUT2D eigenvalue weighted by Gasteiger charge is 2.12. The van der Waals surface area contributed by atoms with E-state index in [0.29, 0.717) is 0 Å². The summed E-state index contributed by atoms with van der Waals surface area (Å²) < 4.78 is 1.07. The fraction of sp³-hybridized carbons (Fsp3) is 0.294. The van der Waals surface area contributed by atoms with E-state index < -0.39 is 0 Å². The topological polar surface area (TPSA) is 29.3 Å². The van der Waals surface area contributed by atoms with Crippen LogP contribution in [0.5, 0.6) is 0 Å². The van der Waals surface area contributed by atoms with Gasteiger partial charge in [-0.25, -0.2) is 0 Å². The van der Waals surface area contributed by atoms with Crippen molar-refractivity contribution in [2.45, 2.75) is 26.8 Å². The van der Waals surface area contributed by atoms with E-state index in [1.807, 2.05) is 6.92 Å². The Balaban J connectivity index is 2.43. The molecule has 0 heterocycles. The minimum atomic E-state index is 0.0342. The van der Waals surface area contributed by atoms with E-state index in [-0.39, 0.29) is 6.04 Å². The summed E-state index contributed by atoms with van der Waals surface area (Å²) in [5.41, 5.74) is 10.8. The van der Waals surface area contributed by atoms with Gasteiger partial charge in [0.25, 0.3) is 0 Å². The summed E-state index contributed by atoms with van der Waals surface area (Å²) in [5, 5.41) is 0. The molecule has 0 bridgehead atoms. The lowest BCUT2D eigenvalue weighted by Crippen LogP contribution is -2.17. The van der Waals surface area contributed by atoms with Gasteiger partial charge in [0.2, 0.25) is 0 Å². The molecule has 3 heteroatoms. The van der Waals surface area contributed by atoms with Crippen molar-refractivity contribution in [3.8, 4) is 0 Å². The number of halogens is 1. The average Bonchev–Trinajstić information content (AvgIpc) is 2.41. The molecule has 0 radical (unpaired) electrons. The highest BCUT2D eigenvalue weighted by molar-refractivity contribution is 9.10. The maximum atomic E-state index is 5.96. The van der Waals surface area contributed by atoms with Crippen LogP contribution in [0.15, 0.2) is 46.9 Å². The van der Waals surface area contributed by atoms with Crippen LogP contribution < -0.4 is 10.6 Å². The molecular weight excluding hydrogens is 312 g/mol. The second-order valence-corrected chi connectivity index (χ2v) is 5.88. The van der Waals surface area contributed by atoms with Gasteiger partial charge in [-0.2, -0.15) is 0 Å². The van der Waals surface area contributed by atoms with Gasteiger partial charge in [-0.05, 0) is 50.1 Å². The number of rotatable bonds is 4. The van der Waals surface area contributed by atoms with Crippen molar-refractivity contribution in [2.75, 3.05) is 11.4 Å². The number of nitrogens with two attached hydrogens (primary N) is 1. The van der Waals surface area contributed by atoms with Crippen LogP contribution in [0.1, 0.15) is 31.0 Å². The van der Waals surface area contributed by atoms with Crippen molar-refractivity contribution < 1.29 is 0 Å². The van der Waals surface area contributed by atoms with Crippen LogP contribution in [-0.2, 0) is 0 Å². The molecule has 2 N–H and O–H groups in total. The first kappa shape index (κ1) is 15.1. The van der Waals surface area contributed by atoms with Gasteiger partial charge in [-0.3, -0.25) is 0 Å².